The predicted molar refractivity (Wildman–Crippen MR) is 135 cm³/mol. The summed E-state index contributed by atoms with van der Waals surface area (Å²) >= 11 is 1.70. The maximum atomic E-state index is 13.7. The summed E-state index contributed by atoms with van der Waals surface area (Å²) in [5.41, 5.74) is 1.70. The number of hydrogen-bond acceptors (Lipinski definition) is 4. The van der Waals surface area contributed by atoms with Gasteiger partial charge in [-0.1, -0.05) is 48.5 Å². The lowest BCUT2D eigenvalue weighted by Gasteiger charge is -2.25. The summed E-state index contributed by atoms with van der Waals surface area (Å²) in [5.74, 6) is 1.41. The summed E-state index contributed by atoms with van der Waals surface area (Å²) in [6.07, 6.45) is -0.353. The number of nitrogens with zero attached hydrogens (tertiary/aromatic N) is 4. The molecule has 1 saturated heterocycles. The highest BCUT2D eigenvalue weighted by atomic mass is 32.2. The van der Waals surface area contributed by atoms with E-state index in [4.69, 9.17) is 0 Å². The number of hydrogen-bond donors (Lipinski definition) is 0. The highest BCUT2D eigenvalue weighted by molar-refractivity contribution is 7.98. The molecule has 9 heteroatoms. The van der Waals surface area contributed by atoms with Gasteiger partial charge in [-0.25, -0.2) is 0 Å². The highest BCUT2D eigenvalue weighted by Crippen LogP contribution is 2.54. The molecule has 37 heavy (non-hydrogen) atoms. The van der Waals surface area contributed by atoms with Crippen molar-refractivity contribution in [3.63, 3.8) is 0 Å². The Morgan fingerprint density at radius 1 is 0.973 bits per heavy atom. The van der Waals surface area contributed by atoms with Crippen molar-refractivity contribution in [2.24, 2.45) is 11.8 Å². The zero-order valence-electron chi connectivity index (χ0n) is 19.9. The molecule has 0 radical (unpaired) electrons. The van der Waals surface area contributed by atoms with Crippen LogP contribution >= 0.6 is 11.8 Å². The number of amides is 1. The molecule has 3 heterocycles. The molecule has 0 N–H and O–H groups in total. The van der Waals surface area contributed by atoms with Crippen LogP contribution in [0.3, 0.4) is 0 Å². The van der Waals surface area contributed by atoms with Crippen molar-refractivity contribution in [2.75, 3.05) is 6.54 Å². The Morgan fingerprint density at radius 3 is 2.54 bits per heavy atom. The van der Waals surface area contributed by atoms with E-state index in [0.29, 0.717) is 36.4 Å². The standard InChI is InChI=1S/C28H25F3N4OS/c29-28(30,31)24-9-5-4-8-22(24)19-12-20-14-34(17-36)26(23(20)13-19)27-33-32-25-11-10-21(15-35(25)27)37-16-18-6-2-1-3-7-18/h1-11,15,17,19-20,23,26H,12-14,16H2/t19-,20+,23+,26?/m1/s1. The molecule has 4 atom stereocenters. The monoisotopic (exact) mass is 522 g/mol. The molecule has 4 aromatic rings. The van der Waals surface area contributed by atoms with Gasteiger partial charge in [-0.05, 0) is 59.9 Å². The number of carbonyl (C=O) groups excluding carboxylic acids is 1. The molecule has 1 saturated carbocycles. The molecule has 2 fully saturated rings. The summed E-state index contributed by atoms with van der Waals surface area (Å²) in [5, 5.41) is 8.81. The first-order chi connectivity index (χ1) is 17.9. The third kappa shape index (κ3) is 4.50. The van der Waals surface area contributed by atoms with Crippen LogP contribution in [0, 0.1) is 11.8 Å². The van der Waals surface area contributed by atoms with Crippen molar-refractivity contribution in [2.45, 2.75) is 41.6 Å². The predicted octanol–water partition coefficient (Wildman–Crippen LogP) is 6.36. The number of thioether (sulfide) groups is 1. The molecule has 2 aliphatic rings. The van der Waals surface area contributed by atoms with Crippen molar-refractivity contribution < 1.29 is 18.0 Å². The molecular weight excluding hydrogens is 497 g/mol. The minimum atomic E-state index is -4.39. The number of likely N-dealkylation sites (tertiary alicyclic amines) is 1. The van der Waals surface area contributed by atoms with Crippen LogP contribution in [0.5, 0.6) is 0 Å². The molecule has 1 aliphatic carbocycles. The van der Waals surface area contributed by atoms with E-state index < -0.39 is 11.7 Å². The van der Waals surface area contributed by atoms with E-state index in [1.165, 1.54) is 17.7 Å². The molecule has 0 spiro atoms. The van der Waals surface area contributed by atoms with Crippen molar-refractivity contribution in [3.05, 3.63) is 95.4 Å². The maximum absolute atomic E-state index is 13.7. The summed E-state index contributed by atoms with van der Waals surface area (Å²) in [4.78, 5) is 14.9. The molecule has 2 aromatic carbocycles. The van der Waals surface area contributed by atoms with Gasteiger partial charge in [0.2, 0.25) is 6.41 Å². The second-order valence-corrected chi connectivity index (χ2v) is 10.9. The Bertz CT molecular complexity index is 1420. The zero-order chi connectivity index (χ0) is 25.6. The van der Waals surface area contributed by atoms with Gasteiger partial charge in [0.15, 0.2) is 11.5 Å². The average molecular weight is 523 g/mol. The molecule has 0 bridgehead atoms. The second-order valence-electron chi connectivity index (χ2n) is 9.85. The Kier molecular flexibility index (Phi) is 6.18. The van der Waals surface area contributed by atoms with Crippen molar-refractivity contribution in [1.82, 2.24) is 19.5 Å². The topological polar surface area (TPSA) is 50.5 Å². The maximum Gasteiger partial charge on any atom is 0.416 e. The van der Waals surface area contributed by atoms with E-state index in [0.717, 1.165) is 17.1 Å². The molecule has 1 unspecified atom stereocenters. The van der Waals surface area contributed by atoms with E-state index in [2.05, 4.69) is 22.3 Å². The lowest BCUT2D eigenvalue weighted by molar-refractivity contribution is -0.138. The van der Waals surface area contributed by atoms with Crippen LogP contribution in [-0.4, -0.2) is 32.5 Å². The van der Waals surface area contributed by atoms with Crippen LogP contribution < -0.4 is 0 Å². The second kappa shape index (κ2) is 9.52. The van der Waals surface area contributed by atoms with E-state index in [9.17, 15) is 18.0 Å². The third-order valence-electron chi connectivity index (χ3n) is 7.71. The van der Waals surface area contributed by atoms with Gasteiger partial charge in [0.1, 0.15) is 0 Å². The number of alkyl halides is 3. The third-order valence-corrected chi connectivity index (χ3v) is 8.77. The van der Waals surface area contributed by atoms with Gasteiger partial charge in [-0.2, -0.15) is 13.2 Å². The Balaban J connectivity index is 1.29. The normalized spacial score (nSPS) is 23.5. The molecule has 5 nitrogen and oxygen atoms in total. The van der Waals surface area contributed by atoms with Crippen molar-refractivity contribution in [1.29, 1.82) is 0 Å². The summed E-state index contributed by atoms with van der Waals surface area (Å²) < 4.78 is 43.1. The molecule has 1 aliphatic heterocycles. The minimum Gasteiger partial charge on any atom is -0.334 e. The van der Waals surface area contributed by atoms with Gasteiger partial charge < -0.3 is 4.90 Å². The molecule has 2 aromatic heterocycles. The van der Waals surface area contributed by atoms with Crippen molar-refractivity contribution >= 4 is 23.8 Å². The summed E-state index contributed by atoms with van der Waals surface area (Å²) in [6, 6.07) is 19.7. The first-order valence-electron chi connectivity index (χ1n) is 12.3. The van der Waals surface area contributed by atoms with Gasteiger partial charge >= 0.3 is 6.18 Å². The van der Waals surface area contributed by atoms with Gasteiger partial charge in [0, 0.05) is 23.4 Å². The lowest BCUT2D eigenvalue weighted by atomic mass is 9.90. The van der Waals surface area contributed by atoms with Crippen LogP contribution in [-0.2, 0) is 16.7 Å². The van der Waals surface area contributed by atoms with E-state index in [1.54, 1.807) is 28.8 Å². The number of pyridine rings is 1. The van der Waals surface area contributed by atoms with Crippen molar-refractivity contribution in [3.8, 4) is 0 Å². The first-order valence-corrected chi connectivity index (χ1v) is 13.3. The fourth-order valence-electron chi connectivity index (χ4n) is 6.11. The van der Waals surface area contributed by atoms with Gasteiger partial charge in [0.25, 0.3) is 0 Å². The van der Waals surface area contributed by atoms with Gasteiger partial charge in [-0.15, -0.1) is 22.0 Å². The number of benzene rings is 2. The van der Waals surface area contributed by atoms with Crippen LogP contribution in [0.15, 0.2) is 77.8 Å². The molecule has 190 valence electrons. The smallest absolute Gasteiger partial charge is 0.334 e. The van der Waals surface area contributed by atoms with Gasteiger partial charge in [0.05, 0.1) is 11.6 Å². The zero-order valence-corrected chi connectivity index (χ0v) is 20.7. The van der Waals surface area contributed by atoms with E-state index in [-0.39, 0.29) is 23.8 Å². The highest BCUT2D eigenvalue weighted by Gasteiger charge is 2.50. The van der Waals surface area contributed by atoms with Crippen LogP contribution in [0.25, 0.3) is 5.65 Å². The Labute approximate surface area is 216 Å². The summed E-state index contributed by atoms with van der Waals surface area (Å²) in [7, 11) is 0. The van der Waals surface area contributed by atoms with Crippen LogP contribution in [0.4, 0.5) is 13.2 Å². The molecular formula is C28H25F3N4OS. The quantitative estimate of drug-likeness (QED) is 0.218. The minimum absolute atomic E-state index is 0.0181. The lowest BCUT2D eigenvalue weighted by Crippen LogP contribution is -2.27. The van der Waals surface area contributed by atoms with Gasteiger partial charge in [-0.3, -0.25) is 9.20 Å². The molecule has 6 rings (SSSR count). The van der Waals surface area contributed by atoms with E-state index in [1.807, 2.05) is 40.9 Å². The number of aromatic nitrogens is 3. The average Bonchev–Trinajstić information content (AvgIpc) is 3.60. The number of rotatable bonds is 6. The fourth-order valence-corrected chi connectivity index (χ4v) is 6.98. The fraction of sp³-hybridized carbons (Fsp3) is 0.321. The Morgan fingerprint density at radius 2 is 1.76 bits per heavy atom. The first kappa shape index (κ1) is 24.0. The largest absolute Gasteiger partial charge is 0.416 e. The number of fused-ring (bicyclic) bond motifs is 2. The van der Waals surface area contributed by atoms with E-state index >= 15 is 0 Å². The number of carbonyl (C=O) groups is 1. The SMILES string of the molecule is O=CN1C[C@@H]2C[C@@H](c3ccccc3C(F)(F)F)C[C@@H]2C1c1nnc2ccc(SCc3ccccc3)cn12. The number of halogens is 3. The van der Waals surface area contributed by atoms with Crippen LogP contribution in [0.1, 0.15) is 47.3 Å². The van der Waals surface area contributed by atoms with Crippen LogP contribution in [0.2, 0.25) is 0 Å². The Hall–Kier alpha value is -3.33. The summed E-state index contributed by atoms with van der Waals surface area (Å²) in [6.45, 7) is 0.515. The molecule has 1 amide bonds.